The molecule has 96 valence electrons. The Kier molecular flexibility index (Phi) is 3.27. The van der Waals surface area contributed by atoms with Crippen molar-refractivity contribution < 1.29 is 4.74 Å². The second-order valence-electron chi connectivity index (χ2n) is 5.97. The molecule has 2 saturated carbocycles. The van der Waals surface area contributed by atoms with Crippen LogP contribution in [0.4, 0.5) is 0 Å². The van der Waals surface area contributed by atoms with Gasteiger partial charge in [-0.3, -0.25) is 0 Å². The number of rotatable bonds is 4. The first kappa shape index (κ1) is 11.7. The lowest BCUT2D eigenvalue weighted by Gasteiger charge is -2.62. The number of nitrogens with one attached hydrogen (secondary N) is 1. The summed E-state index contributed by atoms with van der Waals surface area (Å²) >= 11 is 0. The maximum atomic E-state index is 5.90. The van der Waals surface area contributed by atoms with Crippen molar-refractivity contribution in [2.45, 2.75) is 70.1 Å². The van der Waals surface area contributed by atoms with E-state index in [1.165, 1.54) is 44.9 Å². The van der Waals surface area contributed by atoms with Crippen LogP contribution in [0.3, 0.4) is 0 Å². The predicted octanol–water partition coefficient (Wildman–Crippen LogP) is 3.03. The Labute approximate surface area is 105 Å². The Balaban J connectivity index is 1.56. The van der Waals surface area contributed by atoms with Crippen LogP contribution >= 0.6 is 0 Å². The van der Waals surface area contributed by atoms with Crippen molar-refractivity contribution in [1.82, 2.24) is 5.32 Å². The van der Waals surface area contributed by atoms with Crippen LogP contribution in [0.2, 0.25) is 0 Å². The van der Waals surface area contributed by atoms with Gasteiger partial charge < -0.3 is 10.1 Å². The average Bonchev–Trinajstić information content (AvgIpc) is 2.27. The zero-order valence-corrected chi connectivity index (χ0v) is 11.0. The number of ether oxygens (including phenoxy) is 1. The largest absolute Gasteiger partial charge is 0.378 e. The molecule has 0 aromatic heterocycles. The molecule has 2 nitrogen and oxygen atoms in total. The van der Waals surface area contributed by atoms with Crippen molar-refractivity contribution in [2.24, 2.45) is 5.41 Å². The molecule has 0 saturated heterocycles. The summed E-state index contributed by atoms with van der Waals surface area (Å²) in [5.41, 5.74) is 0.525. The van der Waals surface area contributed by atoms with Gasteiger partial charge in [0.2, 0.25) is 0 Å². The number of allylic oxidation sites excluding steroid dienone is 1. The van der Waals surface area contributed by atoms with E-state index in [0.717, 1.165) is 18.7 Å². The summed E-state index contributed by atoms with van der Waals surface area (Å²) in [6, 6.07) is 1.47. The van der Waals surface area contributed by atoms with Crippen molar-refractivity contribution in [3.05, 3.63) is 12.2 Å². The molecule has 3 rings (SSSR count). The molecular weight excluding hydrogens is 210 g/mol. The summed E-state index contributed by atoms with van der Waals surface area (Å²) in [4.78, 5) is 0. The van der Waals surface area contributed by atoms with Crippen molar-refractivity contribution in [3.8, 4) is 0 Å². The van der Waals surface area contributed by atoms with Crippen LogP contribution in [-0.4, -0.2) is 24.8 Å². The highest BCUT2D eigenvalue weighted by Gasteiger charge is 2.58. The Bertz CT molecular complexity index is 295. The average molecular weight is 235 g/mol. The third-order valence-electron chi connectivity index (χ3n) is 5.14. The van der Waals surface area contributed by atoms with Gasteiger partial charge in [0.05, 0.1) is 6.10 Å². The smallest absolute Gasteiger partial charge is 0.0661 e. The molecule has 0 bridgehead atoms. The van der Waals surface area contributed by atoms with Crippen molar-refractivity contribution >= 4 is 0 Å². The molecule has 17 heavy (non-hydrogen) atoms. The van der Waals surface area contributed by atoms with Gasteiger partial charge in [0, 0.05) is 24.1 Å². The lowest BCUT2D eigenvalue weighted by molar-refractivity contribution is -0.174. The van der Waals surface area contributed by atoms with Crippen LogP contribution in [0.1, 0.15) is 51.9 Å². The molecular formula is C15H25NO. The molecule has 2 fully saturated rings. The second kappa shape index (κ2) is 4.74. The topological polar surface area (TPSA) is 21.3 Å². The van der Waals surface area contributed by atoms with Crippen LogP contribution in [-0.2, 0) is 4.74 Å². The van der Waals surface area contributed by atoms with Gasteiger partial charge in [0.25, 0.3) is 0 Å². The van der Waals surface area contributed by atoms with Crippen molar-refractivity contribution in [3.63, 3.8) is 0 Å². The molecule has 3 atom stereocenters. The first-order valence-corrected chi connectivity index (χ1v) is 7.38. The third kappa shape index (κ3) is 1.96. The van der Waals surface area contributed by atoms with Gasteiger partial charge in [-0.25, -0.2) is 0 Å². The SMILES string of the molecule is CCOC1CC(NC2CC=CCC2)C12CCC2. The van der Waals surface area contributed by atoms with Gasteiger partial charge in [0.15, 0.2) is 0 Å². The fourth-order valence-electron chi connectivity index (χ4n) is 3.90. The van der Waals surface area contributed by atoms with E-state index in [1.54, 1.807) is 0 Å². The second-order valence-corrected chi connectivity index (χ2v) is 5.97. The summed E-state index contributed by atoms with van der Waals surface area (Å²) in [6.45, 7) is 3.00. The minimum Gasteiger partial charge on any atom is -0.378 e. The summed E-state index contributed by atoms with van der Waals surface area (Å²) in [7, 11) is 0. The minimum atomic E-state index is 0.525. The molecule has 0 heterocycles. The standard InChI is InChI=1S/C15H25NO/c1-2-17-14-11-13(15(14)9-6-10-15)16-12-7-4-3-5-8-12/h3-4,12-14,16H,2,5-11H2,1H3. The highest BCUT2D eigenvalue weighted by Crippen LogP contribution is 2.57. The third-order valence-corrected chi connectivity index (χ3v) is 5.14. The molecule has 0 radical (unpaired) electrons. The zero-order chi connectivity index (χ0) is 11.7. The van der Waals surface area contributed by atoms with Gasteiger partial charge in [0.1, 0.15) is 0 Å². The fourth-order valence-corrected chi connectivity index (χ4v) is 3.90. The highest BCUT2D eigenvalue weighted by molar-refractivity contribution is 5.13. The van der Waals surface area contributed by atoms with Crippen LogP contribution < -0.4 is 5.32 Å². The first-order valence-electron chi connectivity index (χ1n) is 7.38. The maximum absolute atomic E-state index is 5.90. The lowest BCUT2D eigenvalue weighted by atomic mass is 9.51. The highest BCUT2D eigenvalue weighted by atomic mass is 16.5. The van der Waals surface area contributed by atoms with Crippen LogP contribution in [0.25, 0.3) is 0 Å². The summed E-state index contributed by atoms with van der Waals surface area (Å²) in [6.07, 6.45) is 14.4. The van der Waals surface area contributed by atoms with Gasteiger partial charge in [-0.1, -0.05) is 18.6 Å². The fraction of sp³-hybridized carbons (Fsp3) is 0.867. The lowest BCUT2D eigenvalue weighted by Crippen LogP contribution is -2.68. The van der Waals surface area contributed by atoms with Gasteiger partial charge in [-0.05, 0) is 45.4 Å². The van der Waals surface area contributed by atoms with Gasteiger partial charge >= 0.3 is 0 Å². The monoisotopic (exact) mass is 235 g/mol. The Morgan fingerprint density at radius 1 is 1.35 bits per heavy atom. The quantitative estimate of drug-likeness (QED) is 0.756. The van der Waals surface area contributed by atoms with Gasteiger partial charge in [-0.15, -0.1) is 0 Å². The Morgan fingerprint density at radius 2 is 2.24 bits per heavy atom. The number of hydrogen-bond donors (Lipinski definition) is 1. The van der Waals surface area contributed by atoms with Gasteiger partial charge in [-0.2, -0.15) is 0 Å². The molecule has 3 aliphatic carbocycles. The molecule has 0 aromatic rings. The molecule has 0 aliphatic heterocycles. The summed E-state index contributed by atoms with van der Waals surface area (Å²) < 4.78 is 5.90. The Hall–Kier alpha value is -0.340. The molecule has 0 aromatic carbocycles. The molecule has 3 unspecified atom stereocenters. The van der Waals surface area contributed by atoms with E-state index >= 15 is 0 Å². The zero-order valence-electron chi connectivity index (χ0n) is 11.0. The molecule has 1 spiro atoms. The van der Waals surface area contributed by atoms with E-state index in [1.807, 2.05) is 0 Å². The molecule has 0 amide bonds. The van der Waals surface area contributed by atoms with E-state index in [0.29, 0.717) is 11.5 Å². The van der Waals surface area contributed by atoms with E-state index in [2.05, 4.69) is 24.4 Å². The predicted molar refractivity (Wildman–Crippen MR) is 70.0 cm³/mol. The molecule has 2 heteroatoms. The van der Waals surface area contributed by atoms with E-state index < -0.39 is 0 Å². The summed E-state index contributed by atoms with van der Waals surface area (Å²) in [5.74, 6) is 0. The van der Waals surface area contributed by atoms with Crippen molar-refractivity contribution in [2.75, 3.05) is 6.61 Å². The normalized spacial score (nSPS) is 38.8. The van der Waals surface area contributed by atoms with Crippen LogP contribution in [0.5, 0.6) is 0 Å². The first-order chi connectivity index (χ1) is 8.35. The summed E-state index contributed by atoms with van der Waals surface area (Å²) in [5, 5.41) is 3.91. The van der Waals surface area contributed by atoms with Crippen molar-refractivity contribution in [1.29, 1.82) is 0 Å². The molecule has 1 N–H and O–H groups in total. The van der Waals surface area contributed by atoms with E-state index in [4.69, 9.17) is 4.74 Å². The van der Waals surface area contributed by atoms with Crippen LogP contribution in [0, 0.1) is 5.41 Å². The van der Waals surface area contributed by atoms with E-state index in [-0.39, 0.29) is 0 Å². The number of hydrogen-bond acceptors (Lipinski definition) is 2. The van der Waals surface area contributed by atoms with Crippen LogP contribution in [0.15, 0.2) is 12.2 Å². The minimum absolute atomic E-state index is 0.525. The van der Waals surface area contributed by atoms with E-state index in [9.17, 15) is 0 Å². The maximum Gasteiger partial charge on any atom is 0.0661 e. The Morgan fingerprint density at radius 3 is 2.82 bits per heavy atom. The molecule has 3 aliphatic rings.